The maximum atomic E-state index is 9.10. The maximum Gasteiger partial charge on any atom is 0.169 e. The van der Waals surface area contributed by atoms with Gasteiger partial charge in [0.1, 0.15) is 5.75 Å². The standard InChI is InChI=1S/C22H23NO2S/c1-16(23-11-13-26-22-5-3-2-4-21(22)23)25-20-9-8-18-14-17(10-12-24)6-7-19(18)15-20/h2-9,14-16,24H,10-13H2,1H3. The van der Waals surface area contributed by atoms with E-state index in [9.17, 15) is 0 Å². The van der Waals surface area contributed by atoms with E-state index < -0.39 is 0 Å². The van der Waals surface area contributed by atoms with Gasteiger partial charge in [-0.15, -0.1) is 11.8 Å². The minimum atomic E-state index is -0.0248. The molecule has 1 aliphatic heterocycles. The number of para-hydroxylation sites is 1. The third kappa shape index (κ3) is 3.53. The Morgan fingerprint density at radius 3 is 2.77 bits per heavy atom. The van der Waals surface area contributed by atoms with Crippen LogP contribution in [0.3, 0.4) is 0 Å². The smallest absolute Gasteiger partial charge is 0.169 e. The number of ether oxygens (including phenoxy) is 1. The van der Waals surface area contributed by atoms with E-state index in [1.807, 2.05) is 17.8 Å². The molecule has 0 saturated heterocycles. The Morgan fingerprint density at radius 1 is 1.08 bits per heavy atom. The topological polar surface area (TPSA) is 32.7 Å². The Labute approximate surface area is 158 Å². The molecule has 1 heterocycles. The number of rotatable bonds is 5. The molecule has 4 heteroatoms. The summed E-state index contributed by atoms with van der Waals surface area (Å²) in [6, 6.07) is 21.1. The molecule has 26 heavy (non-hydrogen) atoms. The Balaban J connectivity index is 1.54. The van der Waals surface area contributed by atoms with Crippen LogP contribution in [-0.2, 0) is 6.42 Å². The first-order valence-electron chi connectivity index (χ1n) is 9.03. The molecule has 3 aromatic rings. The Bertz CT molecular complexity index is 912. The molecule has 0 fully saturated rings. The molecule has 0 amide bonds. The third-order valence-corrected chi connectivity index (χ3v) is 5.83. The first kappa shape index (κ1) is 17.3. The lowest BCUT2D eigenvalue weighted by Crippen LogP contribution is -2.40. The minimum Gasteiger partial charge on any atom is -0.471 e. The van der Waals surface area contributed by atoms with Crippen LogP contribution in [0.1, 0.15) is 12.5 Å². The van der Waals surface area contributed by atoms with E-state index in [0.717, 1.165) is 29.0 Å². The second kappa shape index (κ2) is 7.60. The van der Waals surface area contributed by atoms with Crippen molar-refractivity contribution in [1.82, 2.24) is 0 Å². The lowest BCUT2D eigenvalue weighted by Gasteiger charge is -2.35. The number of hydrogen-bond donors (Lipinski definition) is 1. The zero-order valence-corrected chi connectivity index (χ0v) is 15.7. The van der Waals surface area contributed by atoms with Crippen LogP contribution in [0, 0.1) is 0 Å². The monoisotopic (exact) mass is 365 g/mol. The fourth-order valence-electron chi connectivity index (χ4n) is 3.46. The van der Waals surface area contributed by atoms with Gasteiger partial charge < -0.3 is 14.7 Å². The van der Waals surface area contributed by atoms with Crippen molar-refractivity contribution >= 4 is 28.2 Å². The third-order valence-electron chi connectivity index (χ3n) is 4.79. The van der Waals surface area contributed by atoms with Crippen LogP contribution in [0.15, 0.2) is 65.6 Å². The molecule has 0 radical (unpaired) electrons. The van der Waals surface area contributed by atoms with E-state index in [1.54, 1.807) is 0 Å². The summed E-state index contributed by atoms with van der Waals surface area (Å²) >= 11 is 1.91. The average Bonchev–Trinajstić information content (AvgIpc) is 2.68. The molecule has 0 aliphatic carbocycles. The zero-order chi connectivity index (χ0) is 17.9. The summed E-state index contributed by atoms with van der Waals surface area (Å²) in [6.07, 6.45) is 0.667. The van der Waals surface area contributed by atoms with Crippen molar-refractivity contribution in [2.75, 3.05) is 23.8 Å². The van der Waals surface area contributed by atoms with E-state index >= 15 is 0 Å². The summed E-state index contributed by atoms with van der Waals surface area (Å²) in [5.74, 6) is 1.96. The quantitative estimate of drug-likeness (QED) is 0.710. The van der Waals surface area contributed by atoms with E-state index in [4.69, 9.17) is 9.84 Å². The molecule has 0 spiro atoms. The molecule has 0 bridgehead atoms. The highest BCUT2D eigenvalue weighted by atomic mass is 32.2. The molecule has 0 aromatic heterocycles. The van der Waals surface area contributed by atoms with Crippen molar-refractivity contribution in [2.45, 2.75) is 24.5 Å². The normalized spacial score (nSPS) is 14.9. The van der Waals surface area contributed by atoms with Crippen molar-refractivity contribution in [3.05, 3.63) is 66.2 Å². The summed E-state index contributed by atoms with van der Waals surface area (Å²) in [7, 11) is 0. The van der Waals surface area contributed by atoms with E-state index in [-0.39, 0.29) is 12.8 Å². The molecule has 3 nitrogen and oxygen atoms in total. The lowest BCUT2D eigenvalue weighted by atomic mass is 10.1. The van der Waals surface area contributed by atoms with Crippen molar-refractivity contribution in [2.24, 2.45) is 0 Å². The molecule has 0 saturated carbocycles. The molecule has 1 unspecified atom stereocenters. The Morgan fingerprint density at radius 2 is 1.88 bits per heavy atom. The summed E-state index contributed by atoms with van der Waals surface area (Å²) in [4.78, 5) is 3.66. The summed E-state index contributed by atoms with van der Waals surface area (Å²) in [5, 5.41) is 11.4. The lowest BCUT2D eigenvalue weighted by molar-refractivity contribution is 0.216. The number of nitrogens with zero attached hydrogens (tertiary/aromatic N) is 1. The van der Waals surface area contributed by atoms with Gasteiger partial charge in [0.25, 0.3) is 0 Å². The number of aliphatic hydroxyl groups is 1. The van der Waals surface area contributed by atoms with Crippen molar-refractivity contribution in [3.63, 3.8) is 0 Å². The van der Waals surface area contributed by atoms with Crippen molar-refractivity contribution in [3.8, 4) is 5.75 Å². The van der Waals surface area contributed by atoms with E-state index in [1.165, 1.54) is 16.0 Å². The number of benzene rings is 3. The van der Waals surface area contributed by atoms with Gasteiger partial charge in [0.2, 0.25) is 0 Å². The molecule has 1 atom stereocenters. The number of thioether (sulfide) groups is 1. The Kier molecular flexibility index (Phi) is 5.05. The van der Waals surface area contributed by atoms with Gasteiger partial charge in [0.05, 0.1) is 5.69 Å². The van der Waals surface area contributed by atoms with Crippen molar-refractivity contribution in [1.29, 1.82) is 0 Å². The molecular weight excluding hydrogens is 342 g/mol. The molecular formula is C22H23NO2S. The molecule has 1 N–H and O–H groups in total. The molecule has 1 aliphatic rings. The van der Waals surface area contributed by atoms with Crippen LogP contribution >= 0.6 is 11.8 Å². The highest BCUT2D eigenvalue weighted by Crippen LogP contribution is 2.36. The van der Waals surface area contributed by atoms with Crippen LogP contribution in [0.5, 0.6) is 5.75 Å². The highest BCUT2D eigenvalue weighted by molar-refractivity contribution is 7.99. The van der Waals surface area contributed by atoms with Crippen LogP contribution in [0.2, 0.25) is 0 Å². The van der Waals surface area contributed by atoms with Gasteiger partial charge in [-0.2, -0.15) is 0 Å². The SMILES string of the molecule is CC(Oc1ccc2cc(CCO)ccc2c1)N1CCSc2ccccc21. The van der Waals surface area contributed by atoms with Crippen molar-refractivity contribution < 1.29 is 9.84 Å². The summed E-state index contributed by atoms with van der Waals surface area (Å²) in [5.41, 5.74) is 2.41. The van der Waals surface area contributed by atoms with Crippen LogP contribution in [0.25, 0.3) is 10.8 Å². The second-order valence-corrected chi connectivity index (χ2v) is 7.68. The maximum absolute atomic E-state index is 9.10. The van der Waals surface area contributed by atoms with Gasteiger partial charge in [-0.25, -0.2) is 0 Å². The van der Waals surface area contributed by atoms with E-state index in [0.29, 0.717) is 6.42 Å². The van der Waals surface area contributed by atoms with Gasteiger partial charge in [-0.1, -0.05) is 36.4 Å². The van der Waals surface area contributed by atoms with Gasteiger partial charge in [0.15, 0.2) is 6.23 Å². The fourth-order valence-corrected chi connectivity index (χ4v) is 4.48. The summed E-state index contributed by atoms with van der Waals surface area (Å²) in [6.45, 7) is 3.28. The second-order valence-electron chi connectivity index (χ2n) is 6.54. The predicted octanol–water partition coefficient (Wildman–Crippen LogP) is 4.71. The number of anilines is 1. The molecule has 134 valence electrons. The fraction of sp³-hybridized carbons (Fsp3) is 0.273. The first-order chi connectivity index (χ1) is 12.7. The largest absolute Gasteiger partial charge is 0.471 e. The van der Waals surface area contributed by atoms with Crippen LogP contribution < -0.4 is 9.64 Å². The van der Waals surface area contributed by atoms with E-state index in [2.05, 4.69) is 66.4 Å². The van der Waals surface area contributed by atoms with Gasteiger partial charge >= 0.3 is 0 Å². The zero-order valence-electron chi connectivity index (χ0n) is 14.9. The predicted molar refractivity (Wildman–Crippen MR) is 109 cm³/mol. The molecule has 4 rings (SSSR count). The molecule has 3 aromatic carbocycles. The van der Waals surface area contributed by atoms with Crippen LogP contribution in [-0.4, -0.2) is 30.2 Å². The van der Waals surface area contributed by atoms with Gasteiger partial charge in [-0.05, 0) is 53.9 Å². The van der Waals surface area contributed by atoms with Gasteiger partial charge in [-0.3, -0.25) is 0 Å². The first-order valence-corrected chi connectivity index (χ1v) is 10.0. The number of fused-ring (bicyclic) bond motifs is 2. The number of aliphatic hydroxyl groups excluding tert-OH is 1. The van der Waals surface area contributed by atoms with Crippen LogP contribution in [0.4, 0.5) is 5.69 Å². The number of hydrogen-bond acceptors (Lipinski definition) is 4. The summed E-state index contributed by atoms with van der Waals surface area (Å²) < 4.78 is 6.27. The minimum absolute atomic E-state index is 0.0248. The Hall–Kier alpha value is -2.17. The highest BCUT2D eigenvalue weighted by Gasteiger charge is 2.22. The van der Waals surface area contributed by atoms with Gasteiger partial charge in [0, 0.05) is 23.8 Å². The average molecular weight is 365 g/mol.